The molecule has 0 amide bonds. The lowest BCUT2D eigenvalue weighted by atomic mass is 9.90. The lowest BCUT2D eigenvalue weighted by Crippen LogP contribution is -2.27. The topological polar surface area (TPSA) is 40.7 Å². The highest BCUT2D eigenvalue weighted by Gasteiger charge is 2.21. The van der Waals surface area contributed by atoms with Gasteiger partial charge >= 0.3 is 0 Å². The van der Waals surface area contributed by atoms with Gasteiger partial charge in [0, 0.05) is 22.7 Å². The highest BCUT2D eigenvalue weighted by molar-refractivity contribution is 5.66. The summed E-state index contributed by atoms with van der Waals surface area (Å²) in [5, 5.41) is 10.5. The van der Waals surface area contributed by atoms with Crippen molar-refractivity contribution in [3.05, 3.63) is 42.0 Å². The van der Waals surface area contributed by atoms with Gasteiger partial charge in [-0.05, 0) is 32.0 Å². The molecule has 0 spiro atoms. The first-order valence-corrected chi connectivity index (χ1v) is 6.35. The Morgan fingerprint density at radius 1 is 1.11 bits per heavy atom. The van der Waals surface area contributed by atoms with Crippen LogP contribution in [0.3, 0.4) is 0 Å². The van der Waals surface area contributed by atoms with E-state index in [1.54, 1.807) is 12.3 Å². The zero-order valence-corrected chi connectivity index (χ0v) is 10.1. The summed E-state index contributed by atoms with van der Waals surface area (Å²) >= 11 is 0. The number of hydrogen-bond acceptors (Lipinski definition) is 2. The average molecular weight is 245 g/mol. The maximum atomic E-state index is 13.8. The van der Waals surface area contributed by atoms with Crippen LogP contribution in [0.4, 0.5) is 4.39 Å². The largest absolute Gasteiger partial charge is 0.317 e. The molecule has 0 radical (unpaired) electrons. The van der Waals surface area contributed by atoms with Gasteiger partial charge in [0.2, 0.25) is 0 Å². The molecule has 1 saturated heterocycles. The van der Waals surface area contributed by atoms with E-state index in [1.165, 1.54) is 6.07 Å². The zero-order valence-electron chi connectivity index (χ0n) is 10.1. The number of aromatic nitrogens is 2. The number of piperidine rings is 1. The molecule has 0 aliphatic carbocycles. The Kier molecular flexibility index (Phi) is 3.11. The molecule has 0 unspecified atom stereocenters. The second-order valence-electron chi connectivity index (χ2n) is 4.70. The molecular weight excluding hydrogens is 229 g/mol. The molecule has 2 heterocycles. The van der Waals surface area contributed by atoms with E-state index in [0.717, 1.165) is 37.2 Å². The van der Waals surface area contributed by atoms with Crippen molar-refractivity contribution in [2.75, 3.05) is 13.1 Å². The fourth-order valence-corrected chi connectivity index (χ4v) is 2.61. The van der Waals surface area contributed by atoms with Gasteiger partial charge in [0.05, 0.1) is 6.20 Å². The first-order chi connectivity index (χ1) is 8.86. The third-order valence-corrected chi connectivity index (χ3v) is 3.58. The Balaban J connectivity index is 1.98. The lowest BCUT2D eigenvalue weighted by molar-refractivity contribution is 0.453. The monoisotopic (exact) mass is 245 g/mol. The maximum Gasteiger partial charge on any atom is 0.131 e. The van der Waals surface area contributed by atoms with E-state index in [4.69, 9.17) is 0 Å². The van der Waals surface area contributed by atoms with Crippen LogP contribution in [0.2, 0.25) is 0 Å². The van der Waals surface area contributed by atoms with Gasteiger partial charge in [-0.2, -0.15) is 5.10 Å². The van der Waals surface area contributed by atoms with E-state index in [0.29, 0.717) is 11.5 Å². The molecule has 1 aliphatic rings. The second-order valence-corrected chi connectivity index (χ2v) is 4.70. The molecule has 3 rings (SSSR count). The first-order valence-electron chi connectivity index (χ1n) is 6.35. The Hall–Kier alpha value is -1.68. The molecular formula is C14H16FN3. The number of rotatable bonds is 2. The molecule has 1 aromatic carbocycles. The molecule has 2 N–H and O–H groups in total. The van der Waals surface area contributed by atoms with Gasteiger partial charge in [-0.3, -0.25) is 5.10 Å². The van der Waals surface area contributed by atoms with Gasteiger partial charge in [0.1, 0.15) is 5.82 Å². The van der Waals surface area contributed by atoms with Crippen LogP contribution in [0.25, 0.3) is 11.1 Å². The summed E-state index contributed by atoms with van der Waals surface area (Å²) in [6.07, 6.45) is 3.88. The van der Waals surface area contributed by atoms with Crippen LogP contribution in [0.5, 0.6) is 0 Å². The van der Waals surface area contributed by atoms with Crippen molar-refractivity contribution < 1.29 is 4.39 Å². The van der Waals surface area contributed by atoms with Crippen molar-refractivity contribution in [3.63, 3.8) is 0 Å². The summed E-state index contributed by atoms with van der Waals surface area (Å²) in [5.41, 5.74) is 2.61. The molecule has 94 valence electrons. The van der Waals surface area contributed by atoms with Gasteiger partial charge in [-0.25, -0.2) is 4.39 Å². The van der Waals surface area contributed by atoms with Crippen LogP contribution >= 0.6 is 0 Å². The summed E-state index contributed by atoms with van der Waals surface area (Å²) in [7, 11) is 0. The standard InChI is InChI=1S/C14H16FN3/c15-13-4-2-1-3-11(13)12-9-17-18-14(12)10-5-7-16-8-6-10/h1-4,9-10,16H,5-8H2,(H,17,18). The molecule has 0 bridgehead atoms. The molecule has 1 fully saturated rings. The summed E-state index contributed by atoms with van der Waals surface area (Å²) < 4.78 is 13.8. The van der Waals surface area contributed by atoms with Crippen molar-refractivity contribution in [1.82, 2.24) is 15.5 Å². The van der Waals surface area contributed by atoms with Gasteiger partial charge in [-0.15, -0.1) is 0 Å². The quantitative estimate of drug-likeness (QED) is 0.854. The number of H-pyrrole nitrogens is 1. The number of aromatic amines is 1. The second kappa shape index (κ2) is 4.90. The van der Waals surface area contributed by atoms with E-state index in [-0.39, 0.29) is 5.82 Å². The van der Waals surface area contributed by atoms with Crippen molar-refractivity contribution in [2.24, 2.45) is 0 Å². The molecule has 18 heavy (non-hydrogen) atoms. The van der Waals surface area contributed by atoms with E-state index >= 15 is 0 Å². The van der Waals surface area contributed by atoms with Crippen molar-refractivity contribution >= 4 is 0 Å². The van der Waals surface area contributed by atoms with Gasteiger partial charge < -0.3 is 5.32 Å². The van der Waals surface area contributed by atoms with E-state index in [9.17, 15) is 4.39 Å². The average Bonchev–Trinajstić information content (AvgIpc) is 2.89. The highest BCUT2D eigenvalue weighted by atomic mass is 19.1. The summed E-state index contributed by atoms with van der Waals surface area (Å²) in [5.74, 6) is 0.262. The SMILES string of the molecule is Fc1ccccc1-c1cn[nH]c1C1CCNCC1. The number of nitrogens with zero attached hydrogens (tertiary/aromatic N) is 1. The van der Waals surface area contributed by atoms with Crippen LogP contribution in [0.1, 0.15) is 24.5 Å². The minimum atomic E-state index is -0.186. The van der Waals surface area contributed by atoms with E-state index < -0.39 is 0 Å². The van der Waals surface area contributed by atoms with Crippen LogP contribution < -0.4 is 5.32 Å². The number of benzene rings is 1. The minimum Gasteiger partial charge on any atom is -0.317 e. The predicted octanol–water partition coefficient (Wildman–Crippen LogP) is 2.68. The van der Waals surface area contributed by atoms with Crippen LogP contribution in [0.15, 0.2) is 30.5 Å². The molecule has 3 nitrogen and oxygen atoms in total. The van der Waals surface area contributed by atoms with Crippen molar-refractivity contribution in [2.45, 2.75) is 18.8 Å². The van der Waals surface area contributed by atoms with E-state index in [1.807, 2.05) is 12.1 Å². The Morgan fingerprint density at radius 2 is 1.89 bits per heavy atom. The van der Waals surface area contributed by atoms with Gasteiger partial charge in [-0.1, -0.05) is 18.2 Å². The predicted molar refractivity (Wildman–Crippen MR) is 68.8 cm³/mol. The summed E-state index contributed by atoms with van der Waals surface area (Å²) in [6.45, 7) is 2.03. The number of hydrogen-bond donors (Lipinski definition) is 2. The molecule has 0 atom stereocenters. The van der Waals surface area contributed by atoms with Gasteiger partial charge in [0.15, 0.2) is 0 Å². The van der Waals surface area contributed by atoms with Crippen LogP contribution in [-0.4, -0.2) is 23.3 Å². The third-order valence-electron chi connectivity index (χ3n) is 3.58. The molecule has 1 aliphatic heterocycles. The molecule has 1 aromatic heterocycles. The zero-order chi connectivity index (χ0) is 12.4. The minimum absolute atomic E-state index is 0.186. The highest BCUT2D eigenvalue weighted by Crippen LogP contribution is 2.33. The molecule has 4 heteroatoms. The number of nitrogens with one attached hydrogen (secondary N) is 2. The fourth-order valence-electron chi connectivity index (χ4n) is 2.61. The Morgan fingerprint density at radius 3 is 2.67 bits per heavy atom. The summed E-state index contributed by atoms with van der Waals surface area (Å²) in [4.78, 5) is 0. The Bertz CT molecular complexity index is 529. The first kappa shape index (κ1) is 11.4. The van der Waals surface area contributed by atoms with Crippen LogP contribution in [0, 0.1) is 5.82 Å². The van der Waals surface area contributed by atoms with Crippen LogP contribution in [-0.2, 0) is 0 Å². The third kappa shape index (κ3) is 2.04. The summed E-state index contributed by atoms with van der Waals surface area (Å²) in [6, 6.07) is 6.88. The van der Waals surface area contributed by atoms with E-state index in [2.05, 4.69) is 15.5 Å². The number of halogens is 1. The normalized spacial score (nSPS) is 16.9. The molecule has 2 aromatic rings. The molecule has 0 saturated carbocycles. The smallest absolute Gasteiger partial charge is 0.131 e. The van der Waals surface area contributed by atoms with Gasteiger partial charge in [0.25, 0.3) is 0 Å². The van der Waals surface area contributed by atoms with Crippen molar-refractivity contribution in [3.8, 4) is 11.1 Å². The lowest BCUT2D eigenvalue weighted by Gasteiger charge is -2.22. The maximum absolute atomic E-state index is 13.8. The Labute approximate surface area is 105 Å². The fraction of sp³-hybridized carbons (Fsp3) is 0.357. The van der Waals surface area contributed by atoms with Crippen molar-refractivity contribution in [1.29, 1.82) is 0 Å².